The minimum atomic E-state index is -0.371. The number of nitrogens with two attached hydrogens (primary N) is 1. The predicted octanol–water partition coefficient (Wildman–Crippen LogP) is 2.58. The van der Waals surface area contributed by atoms with E-state index in [1.54, 1.807) is 17.8 Å². The van der Waals surface area contributed by atoms with Gasteiger partial charge in [-0.2, -0.15) is 5.10 Å². The molecule has 0 saturated heterocycles. The van der Waals surface area contributed by atoms with Crippen LogP contribution in [0.15, 0.2) is 30.6 Å². The van der Waals surface area contributed by atoms with E-state index in [0.717, 1.165) is 14.8 Å². The van der Waals surface area contributed by atoms with E-state index in [-0.39, 0.29) is 11.9 Å². The Labute approximate surface area is 125 Å². The van der Waals surface area contributed by atoms with E-state index in [1.807, 2.05) is 31.3 Å². The van der Waals surface area contributed by atoms with Crippen molar-refractivity contribution in [3.8, 4) is 0 Å². The van der Waals surface area contributed by atoms with Gasteiger partial charge in [0.2, 0.25) is 5.91 Å². The molecule has 100 valence electrons. The van der Waals surface area contributed by atoms with E-state index in [2.05, 4.69) is 33.0 Å². The summed E-state index contributed by atoms with van der Waals surface area (Å²) >= 11 is 2.16. The number of anilines is 2. The summed E-state index contributed by atoms with van der Waals surface area (Å²) in [5.41, 5.74) is 8.09. The molecule has 1 amide bonds. The lowest BCUT2D eigenvalue weighted by molar-refractivity contribution is -0.119. The molecule has 0 radical (unpaired) electrons. The summed E-state index contributed by atoms with van der Waals surface area (Å²) in [6.07, 6.45) is 3.55. The molecule has 0 spiro atoms. The van der Waals surface area contributed by atoms with Gasteiger partial charge in [0.05, 0.1) is 9.77 Å². The average Bonchev–Trinajstić information content (AvgIpc) is 2.80. The molecule has 6 heteroatoms. The predicted molar refractivity (Wildman–Crippen MR) is 83.9 cm³/mol. The Bertz CT molecular complexity index is 608. The Hall–Kier alpha value is -1.57. The van der Waals surface area contributed by atoms with E-state index in [4.69, 9.17) is 5.73 Å². The van der Waals surface area contributed by atoms with Crippen molar-refractivity contribution >= 4 is 39.9 Å². The minimum Gasteiger partial charge on any atom is -0.398 e. The van der Waals surface area contributed by atoms with Crippen molar-refractivity contribution in [1.29, 1.82) is 0 Å². The molecular weight excluding hydrogens is 355 g/mol. The SMILES string of the molecule is Cc1c(N)cccc1NC(=O)C(C)n1cc(I)cn1. The zero-order valence-corrected chi connectivity index (χ0v) is 12.9. The number of amides is 1. The highest BCUT2D eigenvalue weighted by Crippen LogP contribution is 2.21. The highest BCUT2D eigenvalue weighted by molar-refractivity contribution is 14.1. The molecule has 0 bridgehead atoms. The first-order chi connectivity index (χ1) is 8.99. The van der Waals surface area contributed by atoms with Gasteiger partial charge in [-0.1, -0.05) is 6.07 Å². The number of nitrogens with zero attached hydrogens (tertiary/aromatic N) is 2. The second kappa shape index (κ2) is 5.60. The van der Waals surface area contributed by atoms with Crippen LogP contribution >= 0.6 is 22.6 Å². The third-order valence-electron chi connectivity index (χ3n) is 2.98. The fourth-order valence-corrected chi connectivity index (χ4v) is 2.08. The largest absolute Gasteiger partial charge is 0.398 e. The van der Waals surface area contributed by atoms with Gasteiger partial charge in [0.15, 0.2) is 0 Å². The van der Waals surface area contributed by atoms with Crippen LogP contribution in [0.4, 0.5) is 11.4 Å². The topological polar surface area (TPSA) is 72.9 Å². The average molecular weight is 370 g/mol. The molecule has 0 aliphatic carbocycles. The first-order valence-electron chi connectivity index (χ1n) is 5.84. The number of hydrogen-bond donors (Lipinski definition) is 2. The maximum absolute atomic E-state index is 12.2. The van der Waals surface area contributed by atoms with Crippen molar-refractivity contribution < 1.29 is 4.79 Å². The van der Waals surface area contributed by atoms with Crippen LogP contribution in [0.25, 0.3) is 0 Å². The molecule has 1 aromatic heterocycles. The summed E-state index contributed by atoms with van der Waals surface area (Å²) in [6, 6.07) is 5.09. The summed E-state index contributed by atoms with van der Waals surface area (Å²) in [7, 11) is 0. The van der Waals surface area contributed by atoms with E-state index in [0.29, 0.717) is 5.69 Å². The third kappa shape index (κ3) is 3.06. The lowest BCUT2D eigenvalue weighted by Crippen LogP contribution is -2.24. The van der Waals surface area contributed by atoms with Crippen molar-refractivity contribution in [3.63, 3.8) is 0 Å². The van der Waals surface area contributed by atoms with Crippen LogP contribution in [0, 0.1) is 10.5 Å². The Balaban J connectivity index is 2.15. The van der Waals surface area contributed by atoms with Crippen LogP contribution in [0.2, 0.25) is 0 Å². The first kappa shape index (κ1) is 13.9. The molecule has 2 aromatic rings. The van der Waals surface area contributed by atoms with Gasteiger partial charge in [0.25, 0.3) is 0 Å². The highest BCUT2D eigenvalue weighted by atomic mass is 127. The Kier molecular flexibility index (Phi) is 4.08. The second-order valence-corrected chi connectivity index (χ2v) is 5.57. The van der Waals surface area contributed by atoms with Crippen LogP contribution in [-0.2, 0) is 4.79 Å². The van der Waals surface area contributed by atoms with Crippen LogP contribution in [0.3, 0.4) is 0 Å². The zero-order chi connectivity index (χ0) is 14.0. The van der Waals surface area contributed by atoms with Crippen molar-refractivity contribution in [2.24, 2.45) is 0 Å². The molecule has 0 aliphatic rings. The molecule has 19 heavy (non-hydrogen) atoms. The molecule has 1 aromatic carbocycles. The monoisotopic (exact) mass is 370 g/mol. The van der Waals surface area contributed by atoms with Crippen molar-refractivity contribution in [2.45, 2.75) is 19.9 Å². The number of hydrogen-bond acceptors (Lipinski definition) is 3. The van der Waals surface area contributed by atoms with Gasteiger partial charge in [-0.05, 0) is 54.1 Å². The summed E-state index contributed by atoms with van der Waals surface area (Å²) in [6.45, 7) is 3.69. The number of carbonyl (C=O) groups excluding carboxylic acids is 1. The standard InChI is InChI=1S/C13H15IN4O/c1-8-11(15)4-3-5-12(8)17-13(19)9(2)18-7-10(14)6-16-18/h3-7,9H,15H2,1-2H3,(H,17,19). The van der Waals surface area contributed by atoms with E-state index in [1.165, 1.54) is 0 Å². The van der Waals surface area contributed by atoms with Gasteiger partial charge >= 0.3 is 0 Å². The maximum atomic E-state index is 12.2. The number of halogens is 1. The number of benzene rings is 1. The summed E-state index contributed by atoms with van der Waals surface area (Å²) in [5, 5.41) is 7.02. The minimum absolute atomic E-state index is 0.117. The van der Waals surface area contributed by atoms with E-state index in [9.17, 15) is 4.79 Å². The van der Waals surface area contributed by atoms with Crippen molar-refractivity contribution in [3.05, 3.63) is 39.7 Å². The third-order valence-corrected chi connectivity index (χ3v) is 3.54. The molecule has 1 unspecified atom stereocenters. The molecule has 0 saturated carbocycles. The number of rotatable bonds is 3. The number of nitrogen functional groups attached to an aromatic ring is 1. The fraction of sp³-hybridized carbons (Fsp3) is 0.231. The molecule has 0 fully saturated rings. The van der Waals surface area contributed by atoms with Crippen LogP contribution < -0.4 is 11.1 Å². The van der Waals surface area contributed by atoms with Gasteiger partial charge in [-0.3, -0.25) is 9.48 Å². The first-order valence-corrected chi connectivity index (χ1v) is 6.92. The lowest BCUT2D eigenvalue weighted by atomic mass is 10.1. The lowest BCUT2D eigenvalue weighted by Gasteiger charge is -2.14. The van der Waals surface area contributed by atoms with Gasteiger partial charge in [-0.15, -0.1) is 0 Å². The summed E-state index contributed by atoms with van der Waals surface area (Å²) in [5.74, 6) is -0.117. The maximum Gasteiger partial charge on any atom is 0.248 e. The van der Waals surface area contributed by atoms with Crippen LogP contribution in [0.1, 0.15) is 18.5 Å². The number of nitrogens with one attached hydrogen (secondary N) is 1. The van der Waals surface area contributed by atoms with E-state index < -0.39 is 0 Å². The molecule has 5 nitrogen and oxygen atoms in total. The van der Waals surface area contributed by atoms with Gasteiger partial charge < -0.3 is 11.1 Å². The molecule has 3 N–H and O–H groups in total. The molecule has 2 rings (SSSR count). The Morgan fingerprint density at radius 3 is 2.89 bits per heavy atom. The van der Waals surface area contributed by atoms with Crippen LogP contribution in [-0.4, -0.2) is 15.7 Å². The molecule has 1 heterocycles. The summed E-state index contributed by atoms with van der Waals surface area (Å²) in [4.78, 5) is 12.2. The van der Waals surface area contributed by atoms with Gasteiger partial charge in [-0.25, -0.2) is 0 Å². The Morgan fingerprint density at radius 2 is 2.26 bits per heavy atom. The highest BCUT2D eigenvalue weighted by Gasteiger charge is 2.16. The fourth-order valence-electron chi connectivity index (χ4n) is 1.67. The Morgan fingerprint density at radius 1 is 1.53 bits per heavy atom. The van der Waals surface area contributed by atoms with Crippen molar-refractivity contribution in [2.75, 3.05) is 11.1 Å². The molecule has 0 aliphatic heterocycles. The zero-order valence-electron chi connectivity index (χ0n) is 10.7. The number of aromatic nitrogens is 2. The van der Waals surface area contributed by atoms with Gasteiger partial charge in [0, 0.05) is 17.6 Å². The smallest absolute Gasteiger partial charge is 0.248 e. The number of carbonyl (C=O) groups is 1. The quantitative estimate of drug-likeness (QED) is 0.644. The van der Waals surface area contributed by atoms with Gasteiger partial charge in [0.1, 0.15) is 6.04 Å². The molecular formula is C13H15IN4O. The summed E-state index contributed by atoms with van der Waals surface area (Å²) < 4.78 is 2.64. The second-order valence-electron chi connectivity index (χ2n) is 4.32. The van der Waals surface area contributed by atoms with Crippen LogP contribution in [0.5, 0.6) is 0 Å². The normalized spacial score (nSPS) is 12.2. The molecule has 1 atom stereocenters. The van der Waals surface area contributed by atoms with Crippen molar-refractivity contribution in [1.82, 2.24) is 9.78 Å². The van der Waals surface area contributed by atoms with E-state index >= 15 is 0 Å².